The number of imidazole rings is 1. The van der Waals surface area contributed by atoms with Gasteiger partial charge in [-0.3, -0.25) is 4.79 Å². The van der Waals surface area contributed by atoms with Crippen LogP contribution in [0.25, 0.3) is 5.69 Å². The fourth-order valence-electron chi connectivity index (χ4n) is 6.20. The summed E-state index contributed by atoms with van der Waals surface area (Å²) in [5, 5.41) is 5.05. The van der Waals surface area contributed by atoms with Crippen LogP contribution in [-0.4, -0.2) is 75.2 Å². The summed E-state index contributed by atoms with van der Waals surface area (Å²) in [6.45, 7) is 5.84. The van der Waals surface area contributed by atoms with Gasteiger partial charge >= 0.3 is 5.69 Å². The third-order valence-corrected chi connectivity index (χ3v) is 9.21. The standard InChI is InChI=1S/C35H35Cl2N7O5/c1-25(45)19-44-34(46)43(24-39-44)29-5-3-27(4-6-29)41-14-16-42(17-15-41)28-7-9-30(10-8-28)47-20-31-21-48-35(49-31,22-40-13-12-38-23-40)32-11-2-26(36)18-33(32)37/h2-13,18,23-24,31H,14-17,19-22H2,1H3. The van der Waals surface area contributed by atoms with E-state index in [4.69, 9.17) is 37.4 Å². The molecule has 2 unspecified atom stereocenters. The number of carbonyl (C=O) groups is 1. The number of rotatable bonds is 11. The Balaban J connectivity index is 0.924. The number of halogens is 2. The molecule has 0 N–H and O–H groups in total. The van der Waals surface area contributed by atoms with Gasteiger partial charge in [0.1, 0.15) is 31.3 Å². The third kappa shape index (κ3) is 7.23. The Morgan fingerprint density at radius 1 is 0.939 bits per heavy atom. The van der Waals surface area contributed by atoms with E-state index in [1.54, 1.807) is 24.7 Å². The van der Waals surface area contributed by atoms with Gasteiger partial charge in [-0.2, -0.15) is 5.10 Å². The van der Waals surface area contributed by atoms with Gasteiger partial charge in [0, 0.05) is 60.5 Å². The van der Waals surface area contributed by atoms with Gasteiger partial charge in [-0.15, -0.1) is 0 Å². The molecule has 7 rings (SSSR count). The van der Waals surface area contributed by atoms with Gasteiger partial charge in [-0.1, -0.05) is 29.3 Å². The minimum absolute atomic E-state index is 0.0364. The lowest BCUT2D eigenvalue weighted by Crippen LogP contribution is -2.46. The summed E-state index contributed by atoms with van der Waals surface area (Å²) >= 11 is 12.8. The molecular formula is C35H35Cl2N7O5. The zero-order valence-electron chi connectivity index (χ0n) is 26.8. The molecule has 0 saturated carbocycles. The molecular weight excluding hydrogens is 669 g/mol. The van der Waals surface area contributed by atoms with Crippen LogP contribution in [0, 0.1) is 0 Å². The third-order valence-electron chi connectivity index (χ3n) is 8.67. The fraction of sp³-hybridized carbons (Fsp3) is 0.314. The number of nitrogens with zero attached hydrogens (tertiary/aromatic N) is 7. The predicted molar refractivity (Wildman–Crippen MR) is 186 cm³/mol. The molecule has 14 heteroatoms. The molecule has 0 spiro atoms. The monoisotopic (exact) mass is 703 g/mol. The van der Waals surface area contributed by atoms with Gasteiger partial charge in [0.25, 0.3) is 0 Å². The van der Waals surface area contributed by atoms with Crippen molar-refractivity contribution in [1.29, 1.82) is 0 Å². The molecule has 2 aliphatic heterocycles. The Morgan fingerprint density at radius 2 is 1.61 bits per heavy atom. The SMILES string of the molecule is CC(=O)Cn1ncn(-c2ccc(N3CCN(c4ccc(OCC5COC(Cn6ccnc6)(c6ccc(Cl)cc6Cl)O5)cc4)CC3)cc2)c1=O. The van der Waals surface area contributed by atoms with Crippen molar-refractivity contribution < 1.29 is 19.0 Å². The molecule has 4 heterocycles. The van der Waals surface area contributed by atoms with Crippen molar-refractivity contribution in [2.24, 2.45) is 0 Å². The van der Waals surface area contributed by atoms with Crippen molar-refractivity contribution in [2.45, 2.75) is 31.9 Å². The summed E-state index contributed by atoms with van der Waals surface area (Å²) in [4.78, 5) is 32.8. The molecule has 2 atom stereocenters. The van der Waals surface area contributed by atoms with Crippen molar-refractivity contribution in [3.05, 3.63) is 118 Å². The van der Waals surface area contributed by atoms with Crippen LogP contribution in [0.2, 0.25) is 10.0 Å². The first kappa shape index (κ1) is 32.9. The molecule has 2 aliphatic rings. The lowest BCUT2D eigenvalue weighted by atomic mass is 10.1. The highest BCUT2D eigenvalue weighted by atomic mass is 35.5. The molecule has 0 radical (unpaired) electrons. The molecule has 0 amide bonds. The molecule has 49 heavy (non-hydrogen) atoms. The summed E-state index contributed by atoms with van der Waals surface area (Å²) in [6.07, 6.45) is 6.40. The number of carbonyl (C=O) groups excluding carboxylic acids is 1. The Labute approximate surface area is 292 Å². The van der Waals surface area contributed by atoms with Crippen molar-refractivity contribution in [2.75, 3.05) is 49.2 Å². The van der Waals surface area contributed by atoms with Gasteiger partial charge < -0.3 is 28.6 Å². The number of Topliss-reactive ketones (excluding diaryl/α,β-unsaturated/α-hetero) is 1. The van der Waals surface area contributed by atoms with E-state index in [-0.39, 0.29) is 24.1 Å². The Bertz CT molecular complexity index is 1960. The van der Waals surface area contributed by atoms with E-state index < -0.39 is 5.79 Å². The van der Waals surface area contributed by atoms with Crippen LogP contribution in [0.15, 0.2) is 96.6 Å². The number of hydrogen-bond acceptors (Lipinski definition) is 9. The van der Waals surface area contributed by atoms with Crippen LogP contribution in [0.3, 0.4) is 0 Å². The van der Waals surface area contributed by atoms with E-state index in [1.165, 1.54) is 22.5 Å². The number of anilines is 2. The highest BCUT2D eigenvalue weighted by molar-refractivity contribution is 6.35. The number of ketones is 1. The van der Waals surface area contributed by atoms with E-state index in [0.29, 0.717) is 41.1 Å². The molecule has 2 aromatic heterocycles. The molecule has 254 valence electrons. The average Bonchev–Trinajstić information content (AvgIpc) is 3.86. The van der Waals surface area contributed by atoms with Crippen molar-refractivity contribution in [1.82, 2.24) is 23.9 Å². The van der Waals surface area contributed by atoms with Crippen LogP contribution in [-0.2, 0) is 33.1 Å². The van der Waals surface area contributed by atoms with E-state index >= 15 is 0 Å². The first-order valence-corrected chi connectivity index (χ1v) is 16.7. The zero-order valence-corrected chi connectivity index (χ0v) is 28.3. The van der Waals surface area contributed by atoms with E-state index in [0.717, 1.165) is 43.3 Å². The van der Waals surface area contributed by atoms with Crippen molar-refractivity contribution in [3.63, 3.8) is 0 Å². The second-order valence-electron chi connectivity index (χ2n) is 12.1. The molecule has 2 fully saturated rings. The first-order valence-electron chi connectivity index (χ1n) is 16.0. The molecule has 0 bridgehead atoms. The highest BCUT2D eigenvalue weighted by Gasteiger charge is 2.45. The topological polar surface area (TPSA) is 109 Å². The van der Waals surface area contributed by atoms with E-state index in [1.807, 2.05) is 53.2 Å². The number of aromatic nitrogens is 5. The molecule has 2 saturated heterocycles. The van der Waals surface area contributed by atoms with Gasteiger partial charge in [0.15, 0.2) is 5.78 Å². The average molecular weight is 705 g/mol. The molecule has 5 aromatic rings. The predicted octanol–water partition coefficient (Wildman–Crippen LogP) is 4.80. The quantitative estimate of drug-likeness (QED) is 0.192. The summed E-state index contributed by atoms with van der Waals surface area (Å²) in [7, 11) is 0. The second kappa shape index (κ2) is 14.1. The number of hydrogen-bond donors (Lipinski definition) is 0. The smallest absolute Gasteiger partial charge is 0.350 e. The highest BCUT2D eigenvalue weighted by Crippen LogP contribution is 2.40. The minimum atomic E-state index is -1.11. The van der Waals surface area contributed by atoms with E-state index in [9.17, 15) is 9.59 Å². The number of piperazine rings is 1. The maximum absolute atomic E-state index is 12.6. The number of benzene rings is 3. The Morgan fingerprint density at radius 3 is 2.24 bits per heavy atom. The van der Waals surface area contributed by atoms with Crippen molar-refractivity contribution in [3.8, 4) is 11.4 Å². The Kier molecular flexibility index (Phi) is 9.46. The van der Waals surface area contributed by atoms with Crippen LogP contribution < -0.4 is 20.2 Å². The van der Waals surface area contributed by atoms with Crippen LogP contribution >= 0.6 is 23.2 Å². The fourth-order valence-corrected chi connectivity index (χ4v) is 6.75. The Hall–Kier alpha value is -4.62. The maximum atomic E-state index is 12.6. The van der Waals surface area contributed by atoms with Crippen LogP contribution in [0.5, 0.6) is 5.75 Å². The number of ether oxygens (including phenoxy) is 3. The van der Waals surface area contributed by atoms with Crippen LogP contribution in [0.1, 0.15) is 12.5 Å². The van der Waals surface area contributed by atoms with Crippen molar-refractivity contribution >= 4 is 40.4 Å². The van der Waals surface area contributed by atoms with Crippen LogP contribution in [0.4, 0.5) is 11.4 Å². The second-order valence-corrected chi connectivity index (χ2v) is 12.9. The molecule has 12 nitrogen and oxygen atoms in total. The minimum Gasteiger partial charge on any atom is -0.491 e. The maximum Gasteiger partial charge on any atom is 0.350 e. The lowest BCUT2D eigenvalue weighted by Gasteiger charge is -2.37. The van der Waals surface area contributed by atoms with Gasteiger partial charge in [-0.05, 0) is 67.6 Å². The normalized spacial score (nSPS) is 19.4. The first-order chi connectivity index (χ1) is 23.8. The molecule has 3 aromatic carbocycles. The van der Waals surface area contributed by atoms with Gasteiger partial charge in [-0.25, -0.2) is 19.0 Å². The van der Waals surface area contributed by atoms with Gasteiger partial charge in [0.2, 0.25) is 5.79 Å². The zero-order chi connectivity index (χ0) is 34.0. The lowest BCUT2D eigenvalue weighted by molar-refractivity contribution is -0.189. The largest absolute Gasteiger partial charge is 0.491 e. The summed E-state index contributed by atoms with van der Waals surface area (Å²) < 4.78 is 23.4. The van der Waals surface area contributed by atoms with Gasteiger partial charge in [0.05, 0.1) is 30.2 Å². The summed E-state index contributed by atoms with van der Waals surface area (Å²) in [5.74, 6) is -0.484. The molecule has 0 aliphatic carbocycles. The summed E-state index contributed by atoms with van der Waals surface area (Å²) in [6, 6.07) is 21.2. The van der Waals surface area contributed by atoms with E-state index in [2.05, 4.69) is 32.0 Å². The summed E-state index contributed by atoms with van der Waals surface area (Å²) in [5.41, 5.74) is 3.28.